The normalized spacial score (nSPS) is 15.4. The van der Waals surface area contributed by atoms with Gasteiger partial charge in [0.05, 0.1) is 30.8 Å². The Labute approximate surface area is 169 Å². The van der Waals surface area contributed by atoms with Crippen LogP contribution in [0.4, 0.5) is 5.69 Å². The first-order valence-corrected chi connectivity index (χ1v) is 9.42. The lowest BCUT2D eigenvalue weighted by Crippen LogP contribution is -2.34. The zero-order valence-corrected chi connectivity index (χ0v) is 16.7. The Hall–Kier alpha value is -2.31. The Balaban J connectivity index is 1.71. The number of rotatable bonds is 4. The first-order chi connectivity index (χ1) is 13.0. The van der Waals surface area contributed by atoms with Crippen molar-refractivity contribution in [3.63, 3.8) is 0 Å². The Kier molecular flexibility index (Phi) is 6.19. The van der Waals surface area contributed by atoms with Gasteiger partial charge in [0.25, 0.3) is 0 Å². The van der Waals surface area contributed by atoms with Gasteiger partial charge in [0.15, 0.2) is 5.11 Å². The molecule has 142 valence electrons. The number of carbonyl (C=O) groups is 1. The van der Waals surface area contributed by atoms with Crippen molar-refractivity contribution < 1.29 is 14.3 Å². The number of hydrogen-bond donors (Lipinski definition) is 2. The lowest BCUT2D eigenvalue weighted by atomic mass is 9.87. The summed E-state index contributed by atoms with van der Waals surface area (Å²) < 4.78 is 10.1. The lowest BCUT2D eigenvalue weighted by Gasteiger charge is -2.28. The van der Waals surface area contributed by atoms with Gasteiger partial charge in [-0.3, -0.25) is 0 Å². The van der Waals surface area contributed by atoms with E-state index in [1.807, 2.05) is 6.07 Å². The second-order valence-electron chi connectivity index (χ2n) is 6.29. The average Bonchev–Trinajstić information content (AvgIpc) is 2.68. The van der Waals surface area contributed by atoms with Crippen LogP contribution < -0.4 is 15.4 Å². The first kappa shape index (κ1) is 19.5. The second kappa shape index (κ2) is 8.59. The molecule has 0 heterocycles. The quantitative estimate of drug-likeness (QED) is 0.578. The highest BCUT2D eigenvalue weighted by molar-refractivity contribution is 7.80. The monoisotopic (exact) mass is 404 g/mol. The summed E-state index contributed by atoms with van der Waals surface area (Å²) in [6.07, 6.45) is 3.10. The van der Waals surface area contributed by atoms with Gasteiger partial charge in [0.1, 0.15) is 5.75 Å². The minimum absolute atomic E-state index is 0.132. The van der Waals surface area contributed by atoms with E-state index in [0.29, 0.717) is 21.4 Å². The maximum atomic E-state index is 11.8. The molecule has 0 saturated carbocycles. The number of methoxy groups -OCH3 is 2. The van der Waals surface area contributed by atoms with Crippen LogP contribution in [0.5, 0.6) is 5.75 Å². The van der Waals surface area contributed by atoms with Gasteiger partial charge < -0.3 is 20.1 Å². The number of benzene rings is 2. The summed E-state index contributed by atoms with van der Waals surface area (Å²) in [4.78, 5) is 11.8. The molecule has 5 nitrogen and oxygen atoms in total. The molecule has 0 bridgehead atoms. The third kappa shape index (κ3) is 4.51. The van der Waals surface area contributed by atoms with Crippen LogP contribution in [0.1, 0.15) is 40.4 Å². The number of anilines is 1. The third-order valence-electron chi connectivity index (χ3n) is 4.60. The molecule has 1 aliphatic rings. The van der Waals surface area contributed by atoms with Crippen molar-refractivity contribution in [2.75, 3.05) is 19.5 Å². The van der Waals surface area contributed by atoms with Crippen molar-refractivity contribution in [3.8, 4) is 5.75 Å². The van der Waals surface area contributed by atoms with E-state index in [9.17, 15) is 4.79 Å². The van der Waals surface area contributed by atoms with Crippen molar-refractivity contribution >= 4 is 40.6 Å². The largest absolute Gasteiger partial charge is 0.497 e. The highest BCUT2D eigenvalue weighted by Gasteiger charge is 2.21. The molecule has 3 rings (SSSR count). The molecule has 2 aromatic carbocycles. The number of ether oxygens (including phenoxy) is 2. The van der Waals surface area contributed by atoms with Crippen LogP contribution in [0.3, 0.4) is 0 Å². The number of halogens is 1. The van der Waals surface area contributed by atoms with E-state index in [1.165, 1.54) is 18.2 Å². The fourth-order valence-electron chi connectivity index (χ4n) is 3.26. The fraction of sp³-hybridized carbons (Fsp3) is 0.300. The van der Waals surface area contributed by atoms with Gasteiger partial charge in [-0.15, -0.1) is 0 Å². The van der Waals surface area contributed by atoms with Gasteiger partial charge in [-0.2, -0.15) is 0 Å². The van der Waals surface area contributed by atoms with Gasteiger partial charge in [0.2, 0.25) is 0 Å². The zero-order chi connectivity index (χ0) is 19.4. The number of thiocarbonyl (C=S) groups is 1. The first-order valence-electron chi connectivity index (χ1n) is 8.64. The molecule has 0 amide bonds. The fourth-order valence-corrected chi connectivity index (χ4v) is 3.72. The summed E-state index contributed by atoms with van der Waals surface area (Å²) in [5, 5.41) is 7.31. The van der Waals surface area contributed by atoms with Crippen molar-refractivity contribution in [1.29, 1.82) is 0 Å². The molecule has 0 aliphatic heterocycles. The van der Waals surface area contributed by atoms with Crippen molar-refractivity contribution in [2.24, 2.45) is 0 Å². The third-order valence-corrected chi connectivity index (χ3v) is 5.15. The molecule has 1 atom stereocenters. The van der Waals surface area contributed by atoms with Crippen LogP contribution in [-0.2, 0) is 11.2 Å². The van der Waals surface area contributed by atoms with E-state index in [4.69, 9.17) is 33.3 Å². The predicted octanol–water partition coefficient (Wildman–Crippen LogP) is 4.50. The Bertz CT molecular complexity index is 872. The number of esters is 1. The van der Waals surface area contributed by atoms with Crippen LogP contribution in [0, 0.1) is 0 Å². The maximum absolute atomic E-state index is 11.8. The molecule has 0 saturated heterocycles. The van der Waals surface area contributed by atoms with Crippen molar-refractivity contribution in [2.45, 2.75) is 25.3 Å². The lowest BCUT2D eigenvalue weighted by molar-refractivity contribution is 0.0601. The van der Waals surface area contributed by atoms with Crippen molar-refractivity contribution in [3.05, 3.63) is 58.1 Å². The number of nitrogens with one attached hydrogen (secondary N) is 2. The summed E-state index contributed by atoms with van der Waals surface area (Å²) in [6, 6.07) is 11.3. The molecule has 0 fully saturated rings. The molecule has 27 heavy (non-hydrogen) atoms. The van der Waals surface area contributed by atoms with Crippen LogP contribution in [-0.4, -0.2) is 25.3 Å². The molecule has 0 aromatic heterocycles. The Morgan fingerprint density at radius 2 is 2.04 bits per heavy atom. The number of hydrogen-bond acceptors (Lipinski definition) is 4. The molecule has 2 aromatic rings. The summed E-state index contributed by atoms with van der Waals surface area (Å²) in [5.41, 5.74) is 3.48. The molecule has 7 heteroatoms. The van der Waals surface area contributed by atoms with Crippen LogP contribution in [0.15, 0.2) is 36.4 Å². The molecule has 0 spiro atoms. The van der Waals surface area contributed by atoms with E-state index in [0.717, 1.165) is 25.0 Å². The maximum Gasteiger partial charge on any atom is 0.339 e. The summed E-state index contributed by atoms with van der Waals surface area (Å²) in [6.45, 7) is 0. The van der Waals surface area contributed by atoms with Crippen LogP contribution in [0.2, 0.25) is 5.02 Å². The standard InChI is InChI=1S/C20H21ClN2O3S/c1-25-14-7-8-15-12(10-14)4-3-5-18(15)23-20(27)22-13-6-9-17(21)16(11-13)19(24)26-2/h6-11,18H,3-5H2,1-2H3,(H2,22,23,27)/t18-/m1/s1. The topological polar surface area (TPSA) is 59.6 Å². The highest BCUT2D eigenvalue weighted by atomic mass is 35.5. The minimum atomic E-state index is -0.488. The predicted molar refractivity (Wildman–Crippen MR) is 111 cm³/mol. The van der Waals surface area contributed by atoms with Crippen molar-refractivity contribution in [1.82, 2.24) is 5.32 Å². The van der Waals surface area contributed by atoms with E-state index >= 15 is 0 Å². The Morgan fingerprint density at radius 1 is 1.22 bits per heavy atom. The SMILES string of the molecule is COC(=O)c1cc(NC(=S)N[C@@H]2CCCc3cc(OC)ccc32)ccc1Cl. The van der Waals surface area contributed by atoms with Gasteiger partial charge in [-0.1, -0.05) is 17.7 Å². The number of fused-ring (bicyclic) bond motifs is 1. The smallest absolute Gasteiger partial charge is 0.339 e. The van der Waals surface area contributed by atoms with E-state index in [1.54, 1.807) is 25.3 Å². The molecule has 0 unspecified atom stereocenters. The van der Waals surface area contributed by atoms with Gasteiger partial charge in [-0.05, 0) is 72.9 Å². The minimum Gasteiger partial charge on any atom is -0.497 e. The van der Waals surface area contributed by atoms with E-state index in [-0.39, 0.29) is 6.04 Å². The van der Waals surface area contributed by atoms with Gasteiger partial charge in [0, 0.05) is 5.69 Å². The summed E-state index contributed by atoms with van der Waals surface area (Å²) in [5.74, 6) is 0.379. The number of carbonyl (C=O) groups excluding carboxylic acids is 1. The Morgan fingerprint density at radius 3 is 2.78 bits per heavy atom. The molecule has 2 N–H and O–H groups in total. The molecule has 0 radical (unpaired) electrons. The molecular weight excluding hydrogens is 384 g/mol. The molecular formula is C20H21ClN2O3S. The second-order valence-corrected chi connectivity index (χ2v) is 7.11. The average molecular weight is 405 g/mol. The van der Waals surface area contributed by atoms with E-state index in [2.05, 4.69) is 22.8 Å². The zero-order valence-electron chi connectivity index (χ0n) is 15.2. The van der Waals surface area contributed by atoms with E-state index < -0.39 is 5.97 Å². The summed E-state index contributed by atoms with van der Waals surface area (Å²) >= 11 is 11.5. The van der Waals surface area contributed by atoms with Crippen LogP contribution in [0.25, 0.3) is 0 Å². The number of aryl methyl sites for hydroxylation is 1. The highest BCUT2D eigenvalue weighted by Crippen LogP contribution is 2.32. The summed E-state index contributed by atoms with van der Waals surface area (Å²) in [7, 11) is 2.99. The molecule has 1 aliphatic carbocycles. The van der Waals surface area contributed by atoms with Gasteiger partial charge >= 0.3 is 5.97 Å². The van der Waals surface area contributed by atoms with Crippen LogP contribution >= 0.6 is 23.8 Å². The van der Waals surface area contributed by atoms with Gasteiger partial charge in [-0.25, -0.2) is 4.79 Å².